The van der Waals surface area contributed by atoms with Gasteiger partial charge in [-0.15, -0.1) is 0 Å². The number of nitrogens with one attached hydrogen (secondary N) is 1. The van der Waals surface area contributed by atoms with Crippen LogP contribution in [0.5, 0.6) is 0 Å². The van der Waals surface area contributed by atoms with Crippen LogP contribution in [0.1, 0.15) is 11.6 Å². The van der Waals surface area contributed by atoms with Crippen LogP contribution < -0.4 is 15.8 Å². The molecule has 1 aliphatic rings. The highest BCUT2D eigenvalue weighted by atomic mass is 35.5. The van der Waals surface area contributed by atoms with Crippen LogP contribution in [0.25, 0.3) is 11.4 Å². The number of rotatable bonds is 3. The van der Waals surface area contributed by atoms with Crippen LogP contribution in [0.4, 0.5) is 5.95 Å². The van der Waals surface area contributed by atoms with E-state index in [1.54, 1.807) is 23.9 Å². The number of anilines is 1. The van der Waals surface area contributed by atoms with E-state index in [2.05, 4.69) is 20.2 Å². The van der Waals surface area contributed by atoms with Crippen LogP contribution in [0, 0.1) is 0 Å². The Morgan fingerprint density at radius 1 is 1.19 bits per heavy atom. The van der Waals surface area contributed by atoms with Gasteiger partial charge in [0.05, 0.1) is 11.4 Å². The second-order valence-electron chi connectivity index (χ2n) is 6.44. The molecule has 0 spiro atoms. The number of aromatic nitrogens is 4. The van der Waals surface area contributed by atoms with Gasteiger partial charge in [-0.25, -0.2) is 15.0 Å². The molecule has 1 aromatic carbocycles. The minimum Gasteiger partial charge on any atom is -0.339 e. The fourth-order valence-electron chi connectivity index (χ4n) is 3.23. The Hall–Kier alpha value is -2.77. The Kier molecular flexibility index (Phi) is 4.87. The molecule has 8 heteroatoms. The van der Waals surface area contributed by atoms with Gasteiger partial charge in [0.2, 0.25) is 5.95 Å². The zero-order valence-electron chi connectivity index (χ0n) is 14.8. The number of halogens is 1. The summed E-state index contributed by atoms with van der Waals surface area (Å²) in [7, 11) is 1.74. The van der Waals surface area contributed by atoms with E-state index in [-0.39, 0.29) is 11.6 Å². The molecule has 1 N–H and O–H groups in total. The Labute approximate surface area is 161 Å². The molecule has 7 nitrogen and oxygen atoms in total. The number of hydrogen-bond acceptors (Lipinski definition) is 6. The van der Waals surface area contributed by atoms with E-state index in [0.29, 0.717) is 28.9 Å². The summed E-state index contributed by atoms with van der Waals surface area (Å²) >= 11 is 6.00. The normalized spacial score (nSPS) is 17.1. The molecule has 1 atom stereocenters. The standard InChI is InChI=1S/C19H19ClN6O/c1-25-18(27)10-16(15-6-7-21-12-23-15)24-19(25)26-9-8-22-17(11-26)13-2-4-14(20)5-3-13/h2-7,10,12,17,22H,8-9,11H2,1H3. The number of piperazine rings is 1. The van der Waals surface area contributed by atoms with E-state index in [4.69, 9.17) is 16.6 Å². The first-order valence-corrected chi connectivity index (χ1v) is 9.08. The Bertz CT molecular complexity index is 989. The molecule has 0 bridgehead atoms. The topological polar surface area (TPSA) is 75.9 Å². The smallest absolute Gasteiger partial charge is 0.255 e. The maximum atomic E-state index is 12.5. The van der Waals surface area contributed by atoms with E-state index in [1.165, 1.54) is 12.4 Å². The van der Waals surface area contributed by atoms with Crippen LogP contribution in [0.3, 0.4) is 0 Å². The average Bonchev–Trinajstić information content (AvgIpc) is 2.71. The van der Waals surface area contributed by atoms with Gasteiger partial charge >= 0.3 is 0 Å². The first-order chi connectivity index (χ1) is 13.1. The third kappa shape index (κ3) is 3.70. The highest BCUT2D eigenvalue weighted by molar-refractivity contribution is 6.30. The largest absolute Gasteiger partial charge is 0.339 e. The van der Waals surface area contributed by atoms with Crippen molar-refractivity contribution in [1.82, 2.24) is 24.8 Å². The van der Waals surface area contributed by atoms with E-state index in [1.807, 2.05) is 24.3 Å². The molecule has 2 aromatic heterocycles. The third-order valence-corrected chi connectivity index (χ3v) is 4.94. The van der Waals surface area contributed by atoms with Crippen LogP contribution in [0.15, 0.2) is 53.7 Å². The minimum absolute atomic E-state index is 0.116. The summed E-state index contributed by atoms with van der Waals surface area (Å²) in [6.45, 7) is 2.26. The third-order valence-electron chi connectivity index (χ3n) is 4.69. The Balaban J connectivity index is 1.67. The van der Waals surface area contributed by atoms with Crippen molar-refractivity contribution in [1.29, 1.82) is 0 Å². The number of hydrogen-bond donors (Lipinski definition) is 1. The van der Waals surface area contributed by atoms with E-state index < -0.39 is 0 Å². The van der Waals surface area contributed by atoms with Crippen molar-refractivity contribution in [3.05, 3.63) is 69.9 Å². The summed E-state index contributed by atoms with van der Waals surface area (Å²) < 4.78 is 1.58. The van der Waals surface area contributed by atoms with Gasteiger partial charge in [-0.2, -0.15) is 0 Å². The van der Waals surface area contributed by atoms with Crippen molar-refractivity contribution in [2.24, 2.45) is 7.05 Å². The molecule has 3 aromatic rings. The minimum atomic E-state index is -0.116. The fraction of sp³-hybridized carbons (Fsp3) is 0.263. The molecule has 0 amide bonds. The molecular weight excluding hydrogens is 364 g/mol. The monoisotopic (exact) mass is 382 g/mol. The molecular formula is C19H19ClN6O. The predicted octanol–water partition coefficient (Wildman–Crippen LogP) is 2.04. The van der Waals surface area contributed by atoms with Crippen molar-refractivity contribution >= 4 is 17.5 Å². The highest BCUT2D eigenvalue weighted by Gasteiger charge is 2.24. The van der Waals surface area contributed by atoms with Crippen LogP contribution >= 0.6 is 11.6 Å². The van der Waals surface area contributed by atoms with Gasteiger partial charge in [0.1, 0.15) is 6.33 Å². The lowest BCUT2D eigenvalue weighted by atomic mass is 10.0. The maximum Gasteiger partial charge on any atom is 0.255 e. The quantitative estimate of drug-likeness (QED) is 0.747. The average molecular weight is 383 g/mol. The summed E-state index contributed by atoms with van der Waals surface area (Å²) in [5.41, 5.74) is 2.22. The van der Waals surface area contributed by atoms with E-state index in [0.717, 1.165) is 18.7 Å². The lowest BCUT2D eigenvalue weighted by molar-refractivity contribution is 0.462. The van der Waals surface area contributed by atoms with Gasteiger partial charge in [-0.05, 0) is 23.8 Å². The predicted molar refractivity (Wildman–Crippen MR) is 105 cm³/mol. The van der Waals surface area contributed by atoms with Gasteiger partial charge in [-0.1, -0.05) is 23.7 Å². The molecule has 0 radical (unpaired) electrons. The lowest BCUT2D eigenvalue weighted by Gasteiger charge is -2.35. The van der Waals surface area contributed by atoms with Gasteiger partial charge in [0, 0.05) is 50.0 Å². The van der Waals surface area contributed by atoms with Gasteiger partial charge in [0.15, 0.2) is 0 Å². The first kappa shape index (κ1) is 17.6. The van der Waals surface area contributed by atoms with Crippen molar-refractivity contribution in [3.63, 3.8) is 0 Å². The summed E-state index contributed by atoms with van der Waals surface area (Å²) in [5, 5.41) is 4.23. The van der Waals surface area contributed by atoms with Gasteiger partial charge < -0.3 is 10.2 Å². The first-order valence-electron chi connectivity index (χ1n) is 8.70. The maximum absolute atomic E-state index is 12.5. The molecule has 138 valence electrons. The van der Waals surface area contributed by atoms with Crippen LogP contribution in [0.2, 0.25) is 5.02 Å². The summed E-state index contributed by atoms with van der Waals surface area (Å²) in [6.07, 6.45) is 3.10. The number of benzene rings is 1. The number of nitrogens with zero attached hydrogens (tertiary/aromatic N) is 5. The second-order valence-corrected chi connectivity index (χ2v) is 6.87. The molecule has 3 heterocycles. The highest BCUT2D eigenvalue weighted by Crippen LogP contribution is 2.23. The molecule has 1 saturated heterocycles. The van der Waals surface area contributed by atoms with E-state index in [9.17, 15) is 4.79 Å². The Morgan fingerprint density at radius 2 is 2.00 bits per heavy atom. The molecule has 1 fully saturated rings. The van der Waals surface area contributed by atoms with Crippen molar-refractivity contribution < 1.29 is 0 Å². The summed E-state index contributed by atoms with van der Waals surface area (Å²) in [4.78, 5) is 27.5. The summed E-state index contributed by atoms with van der Waals surface area (Å²) in [6, 6.07) is 11.2. The van der Waals surface area contributed by atoms with E-state index >= 15 is 0 Å². The van der Waals surface area contributed by atoms with Crippen LogP contribution in [-0.4, -0.2) is 39.2 Å². The molecule has 0 saturated carbocycles. The van der Waals surface area contributed by atoms with Crippen molar-refractivity contribution in [2.45, 2.75) is 6.04 Å². The zero-order valence-corrected chi connectivity index (χ0v) is 15.6. The molecule has 4 rings (SSSR count). The Morgan fingerprint density at radius 3 is 2.74 bits per heavy atom. The van der Waals surface area contributed by atoms with Crippen LogP contribution in [-0.2, 0) is 7.05 Å². The van der Waals surface area contributed by atoms with Gasteiger partial charge in [0.25, 0.3) is 5.56 Å². The van der Waals surface area contributed by atoms with Crippen molar-refractivity contribution in [3.8, 4) is 11.4 Å². The van der Waals surface area contributed by atoms with Gasteiger partial charge in [-0.3, -0.25) is 9.36 Å². The molecule has 1 unspecified atom stereocenters. The molecule has 0 aliphatic carbocycles. The SMILES string of the molecule is Cn1c(N2CCNC(c3ccc(Cl)cc3)C2)nc(-c2ccncn2)cc1=O. The van der Waals surface area contributed by atoms with Crippen molar-refractivity contribution in [2.75, 3.05) is 24.5 Å². The lowest BCUT2D eigenvalue weighted by Crippen LogP contribution is -2.47. The summed E-state index contributed by atoms with van der Waals surface area (Å²) in [5.74, 6) is 0.636. The molecule has 1 aliphatic heterocycles. The molecule has 27 heavy (non-hydrogen) atoms. The second kappa shape index (κ2) is 7.46. The zero-order chi connectivity index (χ0) is 18.8. The fourth-order valence-corrected chi connectivity index (χ4v) is 3.36.